The predicted molar refractivity (Wildman–Crippen MR) is 79.1 cm³/mol. The van der Waals surface area contributed by atoms with Crippen LogP contribution in [0.4, 0.5) is 0 Å². The molecule has 3 rings (SSSR count). The fourth-order valence-electron chi connectivity index (χ4n) is 2.20. The van der Waals surface area contributed by atoms with Crippen molar-refractivity contribution in [1.29, 1.82) is 0 Å². The first-order chi connectivity index (χ1) is 9.54. The molecule has 0 saturated carbocycles. The summed E-state index contributed by atoms with van der Waals surface area (Å²) >= 11 is 12.2. The fraction of sp³-hybridized carbons (Fsp3) is 0.308. The molecule has 3 heterocycles. The van der Waals surface area contributed by atoms with E-state index in [9.17, 15) is 0 Å². The monoisotopic (exact) mass is 309 g/mol. The van der Waals surface area contributed by atoms with Crippen LogP contribution in [-0.4, -0.2) is 24.3 Å². The first-order valence-corrected chi connectivity index (χ1v) is 6.99. The number of imidazole rings is 1. The van der Waals surface area contributed by atoms with Gasteiger partial charge in [0, 0.05) is 25.0 Å². The molecule has 1 atom stereocenters. The Labute approximate surface area is 126 Å². The highest BCUT2D eigenvalue weighted by atomic mass is 35.5. The number of aryl methyl sites for hydroxylation is 1. The Morgan fingerprint density at radius 2 is 2.15 bits per heavy atom. The second kappa shape index (κ2) is 5.07. The molecule has 3 aromatic rings. The molecule has 0 radical (unpaired) electrons. The van der Waals surface area contributed by atoms with Crippen LogP contribution in [0.15, 0.2) is 24.7 Å². The summed E-state index contributed by atoms with van der Waals surface area (Å²) in [5, 5.41) is 4.53. The van der Waals surface area contributed by atoms with E-state index in [1.54, 1.807) is 16.9 Å². The lowest BCUT2D eigenvalue weighted by atomic mass is 10.3. The van der Waals surface area contributed by atoms with E-state index in [4.69, 9.17) is 23.2 Å². The lowest BCUT2D eigenvalue weighted by Gasteiger charge is -2.08. The molecule has 0 aromatic carbocycles. The molecule has 0 bridgehead atoms. The molecule has 3 aromatic heterocycles. The summed E-state index contributed by atoms with van der Waals surface area (Å²) in [4.78, 5) is 8.90. The van der Waals surface area contributed by atoms with E-state index in [2.05, 4.69) is 15.1 Å². The van der Waals surface area contributed by atoms with Gasteiger partial charge in [-0.2, -0.15) is 5.10 Å². The maximum absolute atomic E-state index is 6.23. The van der Waals surface area contributed by atoms with Crippen molar-refractivity contribution < 1.29 is 0 Å². The van der Waals surface area contributed by atoms with Crippen molar-refractivity contribution in [2.24, 2.45) is 7.05 Å². The lowest BCUT2D eigenvalue weighted by molar-refractivity contribution is 0.732. The molecule has 0 spiro atoms. The van der Waals surface area contributed by atoms with E-state index in [1.165, 1.54) is 0 Å². The summed E-state index contributed by atoms with van der Waals surface area (Å²) in [6, 6.07) is 1.80. The number of nitrogens with zero attached hydrogens (tertiary/aromatic N) is 5. The summed E-state index contributed by atoms with van der Waals surface area (Å²) in [5.74, 6) is 0.778. The third-order valence-electron chi connectivity index (χ3n) is 3.04. The number of alkyl halides is 1. The van der Waals surface area contributed by atoms with Gasteiger partial charge in [0.25, 0.3) is 0 Å². The quantitative estimate of drug-likeness (QED) is 0.698. The van der Waals surface area contributed by atoms with E-state index >= 15 is 0 Å². The standard InChI is InChI=1S/C13H13Cl2N5/c1-8(14)12-18-11-3-10(15)5-16-13(11)20(12)7-9-4-17-19(2)6-9/h3-6,8H,7H2,1-2H3. The van der Waals surface area contributed by atoms with Gasteiger partial charge in [0.2, 0.25) is 0 Å². The molecule has 0 aliphatic heterocycles. The Balaban J connectivity index is 2.13. The molecule has 104 valence electrons. The van der Waals surface area contributed by atoms with Crippen LogP contribution < -0.4 is 0 Å². The molecule has 0 fully saturated rings. The first-order valence-electron chi connectivity index (χ1n) is 6.18. The predicted octanol–water partition coefficient (Wildman–Crippen LogP) is 3.17. The van der Waals surface area contributed by atoms with E-state index in [-0.39, 0.29) is 5.38 Å². The number of fused-ring (bicyclic) bond motifs is 1. The Morgan fingerprint density at radius 3 is 2.80 bits per heavy atom. The highest BCUT2D eigenvalue weighted by molar-refractivity contribution is 6.31. The normalized spacial score (nSPS) is 13.0. The SMILES string of the molecule is CC(Cl)c1nc2cc(Cl)cnc2n1Cc1cnn(C)c1. The maximum atomic E-state index is 6.23. The van der Waals surface area contributed by atoms with Gasteiger partial charge in [-0.05, 0) is 13.0 Å². The highest BCUT2D eigenvalue weighted by Crippen LogP contribution is 2.25. The molecule has 0 saturated heterocycles. The van der Waals surface area contributed by atoms with E-state index in [1.807, 2.05) is 30.9 Å². The molecule has 5 nitrogen and oxygen atoms in total. The van der Waals surface area contributed by atoms with Crippen LogP contribution in [0.25, 0.3) is 11.2 Å². The van der Waals surface area contributed by atoms with Gasteiger partial charge in [-0.1, -0.05) is 11.6 Å². The average Bonchev–Trinajstić information content (AvgIpc) is 2.94. The number of rotatable bonds is 3. The van der Waals surface area contributed by atoms with Crippen LogP contribution in [0.2, 0.25) is 5.02 Å². The zero-order valence-corrected chi connectivity index (χ0v) is 12.6. The fourth-order valence-corrected chi connectivity index (χ4v) is 2.52. The summed E-state index contributed by atoms with van der Waals surface area (Å²) in [6.07, 6.45) is 5.41. The Kier molecular flexibility index (Phi) is 3.40. The minimum atomic E-state index is -0.209. The van der Waals surface area contributed by atoms with Gasteiger partial charge in [-0.15, -0.1) is 11.6 Å². The molecule has 0 aliphatic rings. The van der Waals surface area contributed by atoms with Crippen molar-refractivity contribution in [3.63, 3.8) is 0 Å². The van der Waals surface area contributed by atoms with Crippen molar-refractivity contribution in [2.45, 2.75) is 18.8 Å². The van der Waals surface area contributed by atoms with E-state index < -0.39 is 0 Å². The molecule has 0 N–H and O–H groups in total. The lowest BCUT2D eigenvalue weighted by Crippen LogP contribution is -2.06. The van der Waals surface area contributed by atoms with E-state index in [0.29, 0.717) is 11.6 Å². The molecular weight excluding hydrogens is 297 g/mol. The Bertz CT molecular complexity index is 759. The van der Waals surface area contributed by atoms with Gasteiger partial charge < -0.3 is 4.57 Å². The third kappa shape index (κ3) is 2.39. The molecule has 7 heteroatoms. The third-order valence-corrected chi connectivity index (χ3v) is 3.44. The van der Waals surface area contributed by atoms with Gasteiger partial charge in [0.05, 0.1) is 23.1 Å². The topological polar surface area (TPSA) is 48.5 Å². The van der Waals surface area contributed by atoms with Gasteiger partial charge in [0.1, 0.15) is 11.3 Å². The number of hydrogen-bond acceptors (Lipinski definition) is 3. The van der Waals surface area contributed by atoms with Crippen LogP contribution in [0, 0.1) is 0 Å². The second-order valence-electron chi connectivity index (χ2n) is 4.69. The minimum Gasteiger partial charge on any atom is -0.307 e. The molecule has 0 aliphatic carbocycles. The summed E-state index contributed by atoms with van der Waals surface area (Å²) in [5.41, 5.74) is 2.60. The summed E-state index contributed by atoms with van der Waals surface area (Å²) in [7, 11) is 1.89. The average molecular weight is 310 g/mol. The van der Waals surface area contributed by atoms with Crippen LogP contribution in [0.5, 0.6) is 0 Å². The van der Waals surface area contributed by atoms with Crippen molar-refractivity contribution in [3.05, 3.63) is 41.1 Å². The number of pyridine rings is 1. The molecular formula is C13H13Cl2N5. The van der Waals surface area contributed by atoms with Crippen molar-refractivity contribution >= 4 is 34.4 Å². The van der Waals surface area contributed by atoms with Crippen molar-refractivity contribution in [2.75, 3.05) is 0 Å². The van der Waals surface area contributed by atoms with Crippen LogP contribution >= 0.6 is 23.2 Å². The van der Waals surface area contributed by atoms with Crippen LogP contribution in [0.3, 0.4) is 0 Å². The maximum Gasteiger partial charge on any atom is 0.160 e. The number of aromatic nitrogens is 5. The Morgan fingerprint density at radius 1 is 1.35 bits per heavy atom. The number of hydrogen-bond donors (Lipinski definition) is 0. The van der Waals surface area contributed by atoms with Crippen molar-refractivity contribution in [1.82, 2.24) is 24.3 Å². The molecule has 0 amide bonds. The van der Waals surface area contributed by atoms with Gasteiger partial charge in [-0.25, -0.2) is 9.97 Å². The Hall–Kier alpha value is -1.59. The van der Waals surface area contributed by atoms with Crippen LogP contribution in [-0.2, 0) is 13.6 Å². The van der Waals surface area contributed by atoms with Gasteiger partial charge in [0.15, 0.2) is 5.65 Å². The van der Waals surface area contributed by atoms with Crippen molar-refractivity contribution in [3.8, 4) is 0 Å². The molecule has 20 heavy (non-hydrogen) atoms. The smallest absolute Gasteiger partial charge is 0.160 e. The summed E-state index contributed by atoms with van der Waals surface area (Å²) in [6.45, 7) is 2.52. The zero-order chi connectivity index (χ0) is 14.3. The molecule has 1 unspecified atom stereocenters. The summed E-state index contributed by atoms with van der Waals surface area (Å²) < 4.78 is 3.77. The minimum absolute atomic E-state index is 0.209. The first kappa shape index (κ1) is 13.4. The largest absolute Gasteiger partial charge is 0.307 e. The zero-order valence-electron chi connectivity index (χ0n) is 11.1. The van der Waals surface area contributed by atoms with E-state index in [0.717, 1.165) is 22.6 Å². The second-order valence-corrected chi connectivity index (χ2v) is 5.78. The number of halogens is 2. The highest BCUT2D eigenvalue weighted by Gasteiger charge is 2.16. The van der Waals surface area contributed by atoms with Gasteiger partial charge in [-0.3, -0.25) is 4.68 Å². The van der Waals surface area contributed by atoms with Crippen LogP contribution in [0.1, 0.15) is 23.7 Å². The van der Waals surface area contributed by atoms with Gasteiger partial charge >= 0.3 is 0 Å².